The lowest BCUT2D eigenvalue weighted by molar-refractivity contribution is 1.62. The van der Waals surface area contributed by atoms with E-state index in [0.29, 0.717) is 0 Å². The van der Waals surface area contributed by atoms with Crippen molar-refractivity contribution in [2.45, 2.75) is 0 Å². The molecular weight excluding hydrogens is 601 g/mol. The molecule has 0 aliphatic heterocycles. The van der Waals surface area contributed by atoms with E-state index in [-0.39, 0.29) is 0 Å². The Balaban J connectivity index is 1.09. The third kappa shape index (κ3) is 6.06. The fourth-order valence-corrected chi connectivity index (χ4v) is 8.44. The summed E-state index contributed by atoms with van der Waals surface area (Å²) in [6.45, 7) is 0. The van der Waals surface area contributed by atoms with E-state index in [2.05, 4.69) is 156 Å². The fraction of sp³-hybridized carbons (Fsp3) is 0. The van der Waals surface area contributed by atoms with Crippen molar-refractivity contribution in [2.75, 3.05) is 0 Å². The highest BCUT2D eigenvalue weighted by Gasteiger charge is 2.13. The van der Waals surface area contributed by atoms with Crippen LogP contribution >= 0.6 is 34.0 Å². The second-order valence-electron chi connectivity index (χ2n) is 9.65. The fourth-order valence-electron chi connectivity index (χ4n) is 4.79. The molecule has 4 aromatic carbocycles. The van der Waals surface area contributed by atoms with Crippen molar-refractivity contribution in [1.29, 1.82) is 0 Å². The molecule has 3 aromatic heterocycles. The topological polar surface area (TPSA) is 0 Å². The molecule has 0 unspecified atom stereocenters. The van der Waals surface area contributed by atoms with Gasteiger partial charge in [-0.3, -0.25) is 0 Å². The van der Waals surface area contributed by atoms with E-state index in [9.17, 15) is 0 Å². The lowest BCUT2D eigenvalue weighted by atomic mass is 10.0. The third-order valence-electron chi connectivity index (χ3n) is 6.84. The van der Waals surface area contributed by atoms with Crippen LogP contribution < -0.4 is 0 Å². The van der Waals surface area contributed by atoms with Crippen LogP contribution in [-0.4, -0.2) is 0 Å². The summed E-state index contributed by atoms with van der Waals surface area (Å²) in [4.78, 5) is 1.09. The molecule has 0 spiro atoms. The third-order valence-corrected chi connectivity index (χ3v) is 10.4. The van der Waals surface area contributed by atoms with Crippen molar-refractivity contribution in [1.82, 2.24) is 0 Å². The number of thiophene rings is 3. The monoisotopic (exact) mass is 616 g/mol. The van der Waals surface area contributed by atoms with E-state index in [1.54, 1.807) is 11.3 Å². The number of terminal acetylenes is 1. The maximum absolute atomic E-state index is 5.02. The standard InChI is InChI=1S/C42H16S3/c1-2-3-4-5-6-7-8-9-10-11-14-30-17-21-32(22-18-30)33-23-26-37-40(29-33)45-41-36-25-20-31(27-39(36)44-42(37)41)19-24-35-28-34-15-12-13-16-38(34)43-35/h1,12-13,15-18,20-23,25-29H. The minimum Gasteiger partial charge on any atom is -0.134 e. The van der Waals surface area contributed by atoms with Crippen LogP contribution in [0.5, 0.6) is 0 Å². The Kier molecular flexibility index (Phi) is 7.81. The summed E-state index contributed by atoms with van der Waals surface area (Å²) in [6, 6.07) is 32.1. The van der Waals surface area contributed by atoms with Gasteiger partial charge in [0.15, 0.2) is 0 Å². The average molecular weight is 617 g/mol. The highest BCUT2D eigenvalue weighted by molar-refractivity contribution is 7.36. The largest absolute Gasteiger partial charge is 0.134 e. The highest BCUT2D eigenvalue weighted by Crippen LogP contribution is 2.45. The molecule has 7 aromatic rings. The van der Waals surface area contributed by atoms with Gasteiger partial charge >= 0.3 is 0 Å². The molecule has 3 heterocycles. The molecule has 0 bridgehead atoms. The first kappa shape index (κ1) is 27.8. The van der Waals surface area contributed by atoms with Gasteiger partial charge in [-0.05, 0) is 118 Å². The van der Waals surface area contributed by atoms with Crippen LogP contribution in [0.3, 0.4) is 0 Å². The lowest BCUT2D eigenvalue weighted by Gasteiger charge is -2.02. The van der Waals surface area contributed by atoms with Crippen LogP contribution in [0.15, 0.2) is 91.0 Å². The number of hydrogen-bond donors (Lipinski definition) is 0. The molecule has 0 saturated heterocycles. The Morgan fingerprint density at radius 3 is 1.80 bits per heavy atom. The van der Waals surface area contributed by atoms with E-state index in [0.717, 1.165) is 21.6 Å². The van der Waals surface area contributed by atoms with Crippen LogP contribution in [0, 0.1) is 83.4 Å². The molecule has 0 nitrogen and oxygen atoms in total. The molecule has 202 valence electrons. The SMILES string of the molecule is C#CC#CC#CC#CC#CC#Cc1ccc(-c2ccc3c(c2)sc2c4ccc(C#Cc5cc6ccccc6s5)cc4sc32)cc1. The van der Waals surface area contributed by atoms with Gasteiger partial charge in [0.1, 0.15) is 0 Å². The second-order valence-corrected chi connectivity index (χ2v) is 12.8. The molecule has 0 saturated carbocycles. The number of rotatable bonds is 1. The molecular formula is C42H16S3. The first-order valence-electron chi connectivity index (χ1n) is 13.7. The van der Waals surface area contributed by atoms with E-state index >= 15 is 0 Å². The molecule has 0 amide bonds. The number of hydrogen-bond acceptors (Lipinski definition) is 3. The molecule has 0 aliphatic carbocycles. The van der Waals surface area contributed by atoms with Crippen molar-refractivity contribution in [3.8, 4) is 94.5 Å². The van der Waals surface area contributed by atoms with Gasteiger partial charge in [0, 0.05) is 36.0 Å². The molecule has 3 heteroatoms. The maximum Gasteiger partial charge on any atom is 0.0784 e. The molecule has 45 heavy (non-hydrogen) atoms. The van der Waals surface area contributed by atoms with Gasteiger partial charge in [0.05, 0.1) is 14.3 Å². The Labute approximate surface area is 273 Å². The van der Waals surface area contributed by atoms with Crippen molar-refractivity contribution in [3.63, 3.8) is 0 Å². The minimum absolute atomic E-state index is 0.891. The zero-order valence-corrected chi connectivity index (χ0v) is 25.9. The average Bonchev–Trinajstić information content (AvgIpc) is 3.76. The first-order valence-corrected chi connectivity index (χ1v) is 16.2. The Bertz CT molecular complexity index is 2700. The van der Waals surface area contributed by atoms with Gasteiger partial charge in [-0.1, -0.05) is 66.3 Å². The Hall–Kier alpha value is -6.06. The van der Waals surface area contributed by atoms with E-state index < -0.39 is 0 Å². The molecule has 0 aliphatic rings. The van der Waals surface area contributed by atoms with Gasteiger partial charge in [-0.2, -0.15) is 0 Å². The second kappa shape index (κ2) is 12.7. The zero-order chi connectivity index (χ0) is 30.4. The predicted octanol–water partition coefficient (Wildman–Crippen LogP) is 9.55. The molecule has 7 rings (SSSR count). The molecule has 0 fully saturated rings. The van der Waals surface area contributed by atoms with Gasteiger partial charge in [0.25, 0.3) is 0 Å². The predicted molar refractivity (Wildman–Crippen MR) is 195 cm³/mol. The van der Waals surface area contributed by atoms with E-state index in [1.807, 2.05) is 34.8 Å². The van der Waals surface area contributed by atoms with Crippen LogP contribution in [0.25, 0.3) is 50.8 Å². The summed E-state index contributed by atoms with van der Waals surface area (Å²) >= 11 is 5.45. The lowest BCUT2D eigenvalue weighted by Crippen LogP contribution is -1.79. The van der Waals surface area contributed by atoms with Crippen LogP contribution in [0.4, 0.5) is 0 Å². The smallest absolute Gasteiger partial charge is 0.0784 e. The first-order chi connectivity index (χ1) is 22.2. The quantitative estimate of drug-likeness (QED) is 0.161. The normalized spacial score (nSPS) is 9.58. The summed E-state index contributed by atoms with van der Waals surface area (Å²) in [5.41, 5.74) is 4.27. The summed E-state index contributed by atoms with van der Waals surface area (Å²) in [5.74, 6) is 35.3. The number of fused-ring (bicyclic) bond motifs is 6. The summed E-state index contributed by atoms with van der Waals surface area (Å²) in [6.07, 6.45) is 5.02. The molecule has 0 radical (unpaired) electrons. The van der Waals surface area contributed by atoms with Crippen molar-refractivity contribution >= 4 is 73.7 Å². The van der Waals surface area contributed by atoms with Crippen molar-refractivity contribution in [2.24, 2.45) is 0 Å². The molecule has 0 N–H and O–H groups in total. The number of benzene rings is 4. The Morgan fingerprint density at radius 2 is 1.07 bits per heavy atom. The Morgan fingerprint density at radius 1 is 0.444 bits per heavy atom. The van der Waals surface area contributed by atoms with Crippen molar-refractivity contribution in [3.05, 3.63) is 107 Å². The van der Waals surface area contributed by atoms with Gasteiger partial charge in [0.2, 0.25) is 0 Å². The van der Waals surface area contributed by atoms with E-state index in [1.165, 1.54) is 45.2 Å². The van der Waals surface area contributed by atoms with Gasteiger partial charge in [-0.25, -0.2) is 0 Å². The van der Waals surface area contributed by atoms with Crippen LogP contribution in [-0.2, 0) is 0 Å². The van der Waals surface area contributed by atoms with Gasteiger partial charge < -0.3 is 0 Å². The minimum atomic E-state index is 0.891. The highest BCUT2D eigenvalue weighted by atomic mass is 32.1. The van der Waals surface area contributed by atoms with E-state index in [4.69, 9.17) is 6.42 Å². The van der Waals surface area contributed by atoms with Crippen molar-refractivity contribution < 1.29 is 0 Å². The van der Waals surface area contributed by atoms with Crippen LogP contribution in [0.1, 0.15) is 16.0 Å². The summed E-state index contributed by atoms with van der Waals surface area (Å²) < 4.78 is 6.52. The maximum atomic E-state index is 5.02. The zero-order valence-electron chi connectivity index (χ0n) is 23.5. The van der Waals surface area contributed by atoms with Crippen LogP contribution in [0.2, 0.25) is 0 Å². The summed E-state index contributed by atoms with van der Waals surface area (Å²) in [5, 5.41) is 3.84. The van der Waals surface area contributed by atoms with Gasteiger partial charge in [-0.15, -0.1) is 40.4 Å². The summed E-state index contributed by atoms with van der Waals surface area (Å²) in [7, 11) is 0. The molecule has 0 atom stereocenters.